The van der Waals surface area contributed by atoms with Crippen LogP contribution in [0.25, 0.3) is 0 Å². The number of rotatable bonds is 6. The van der Waals surface area contributed by atoms with Gasteiger partial charge in [0.1, 0.15) is 5.75 Å². The van der Waals surface area contributed by atoms with Gasteiger partial charge in [0.15, 0.2) is 0 Å². The molecule has 2 unspecified atom stereocenters. The minimum absolute atomic E-state index is 0.256. The first-order valence-corrected chi connectivity index (χ1v) is 8.44. The Morgan fingerprint density at radius 3 is 2.62 bits per heavy atom. The van der Waals surface area contributed by atoms with Crippen LogP contribution >= 0.6 is 0 Å². The predicted molar refractivity (Wildman–Crippen MR) is 86.4 cm³/mol. The van der Waals surface area contributed by atoms with Gasteiger partial charge in [0.05, 0.1) is 6.61 Å². The summed E-state index contributed by atoms with van der Waals surface area (Å²) in [6, 6.07) is 9.42. The highest BCUT2D eigenvalue weighted by Gasteiger charge is 2.25. The van der Waals surface area contributed by atoms with Crippen molar-refractivity contribution in [1.82, 2.24) is 4.90 Å². The lowest BCUT2D eigenvalue weighted by atomic mass is 9.96. The number of likely N-dealkylation sites (tertiary alicyclic amines) is 1. The molecule has 2 atom stereocenters. The zero-order valence-corrected chi connectivity index (χ0v) is 13.1. The molecule has 1 saturated carbocycles. The van der Waals surface area contributed by atoms with Crippen LogP contribution in [0.2, 0.25) is 0 Å². The van der Waals surface area contributed by atoms with E-state index >= 15 is 0 Å². The monoisotopic (exact) mass is 288 g/mol. The maximum Gasteiger partial charge on any atom is 0.119 e. The van der Waals surface area contributed by atoms with E-state index in [0.29, 0.717) is 6.04 Å². The molecule has 1 saturated heterocycles. The van der Waals surface area contributed by atoms with Crippen molar-refractivity contribution in [3.63, 3.8) is 0 Å². The molecule has 3 rings (SSSR count). The van der Waals surface area contributed by atoms with E-state index < -0.39 is 0 Å². The van der Waals surface area contributed by atoms with Gasteiger partial charge in [-0.1, -0.05) is 18.6 Å². The number of hydrogen-bond donors (Lipinski definition) is 1. The molecule has 2 aliphatic rings. The molecule has 2 fully saturated rings. The largest absolute Gasteiger partial charge is 0.493 e. The molecule has 1 aliphatic carbocycles. The van der Waals surface area contributed by atoms with Crippen LogP contribution in [0.1, 0.15) is 44.6 Å². The van der Waals surface area contributed by atoms with E-state index in [4.69, 9.17) is 10.5 Å². The first kappa shape index (κ1) is 14.9. The molecular weight excluding hydrogens is 260 g/mol. The lowest BCUT2D eigenvalue weighted by Crippen LogP contribution is -2.48. The third kappa shape index (κ3) is 4.21. The molecule has 0 aromatic heterocycles. The lowest BCUT2D eigenvalue weighted by Gasteiger charge is -2.38. The third-order valence-electron chi connectivity index (χ3n) is 4.76. The Balaban J connectivity index is 1.55. The van der Waals surface area contributed by atoms with Gasteiger partial charge in [-0.15, -0.1) is 0 Å². The second-order valence-corrected chi connectivity index (χ2v) is 6.79. The van der Waals surface area contributed by atoms with E-state index in [9.17, 15) is 0 Å². The third-order valence-corrected chi connectivity index (χ3v) is 4.76. The number of hydrogen-bond acceptors (Lipinski definition) is 3. The van der Waals surface area contributed by atoms with E-state index in [2.05, 4.69) is 36.1 Å². The molecule has 1 aliphatic heterocycles. The van der Waals surface area contributed by atoms with E-state index in [1.807, 2.05) is 0 Å². The van der Waals surface area contributed by atoms with Crippen molar-refractivity contribution in [1.29, 1.82) is 0 Å². The number of ether oxygens (including phenoxy) is 1. The minimum Gasteiger partial charge on any atom is -0.493 e. The predicted octanol–water partition coefficient (Wildman–Crippen LogP) is 3.18. The van der Waals surface area contributed by atoms with Crippen molar-refractivity contribution in [2.75, 3.05) is 13.2 Å². The topological polar surface area (TPSA) is 38.5 Å². The van der Waals surface area contributed by atoms with E-state index in [1.54, 1.807) is 0 Å². The molecule has 3 heteroatoms. The average Bonchev–Trinajstić information content (AvgIpc) is 3.31. The molecule has 2 N–H and O–H groups in total. The first-order valence-electron chi connectivity index (χ1n) is 8.44. The second kappa shape index (κ2) is 6.80. The molecule has 116 valence electrons. The molecule has 1 aromatic rings. The lowest BCUT2D eigenvalue weighted by molar-refractivity contribution is 0.123. The Morgan fingerprint density at radius 2 is 1.95 bits per heavy atom. The normalized spacial score (nSPS) is 24.8. The molecule has 1 heterocycles. The van der Waals surface area contributed by atoms with Gasteiger partial charge >= 0.3 is 0 Å². The van der Waals surface area contributed by atoms with Crippen molar-refractivity contribution in [2.24, 2.45) is 11.7 Å². The van der Waals surface area contributed by atoms with Crippen LogP contribution in [0.3, 0.4) is 0 Å². The smallest absolute Gasteiger partial charge is 0.119 e. The zero-order chi connectivity index (χ0) is 14.7. The van der Waals surface area contributed by atoms with Crippen molar-refractivity contribution in [3.05, 3.63) is 29.8 Å². The second-order valence-electron chi connectivity index (χ2n) is 6.79. The van der Waals surface area contributed by atoms with Crippen LogP contribution in [-0.2, 0) is 6.54 Å². The highest BCUT2D eigenvalue weighted by Crippen LogP contribution is 2.29. The molecule has 21 heavy (non-hydrogen) atoms. The Labute approximate surface area is 128 Å². The molecule has 0 amide bonds. The fraction of sp³-hybridized carbons (Fsp3) is 0.667. The number of nitrogens with two attached hydrogens (primary N) is 1. The van der Waals surface area contributed by atoms with Crippen LogP contribution < -0.4 is 10.5 Å². The molecule has 0 spiro atoms. The average molecular weight is 288 g/mol. The van der Waals surface area contributed by atoms with Crippen LogP contribution in [0, 0.1) is 5.92 Å². The summed E-state index contributed by atoms with van der Waals surface area (Å²) in [4.78, 5) is 2.55. The molecular formula is C18H28N2O. The van der Waals surface area contributed by atoms with E-state index in [0.717, 1.165) is 24.8 Å². The first-order chi connectivity index (χ1) is 10.2. The summed E-state index contributed by atoms with van der Waals surface area (Å²) in [5, 5.41) is 0. The van der Waals surface area contributed by atoms with E-state index in [1.165, 1.54) is 44.2 Å². The number of piperidine rings is 1. The highest BCUT2D eigenvalue weighted by molar-refractivity contribution is 5.27. The van der Waals surface area contributed by atoms with Gasteiger partial charge in [0.25, 0.3) is 0 Å². The van der Waals surface area contributed by atoms with Gasteiger partial charge in [-0.05, 0) is 62.8 Å². The standard InChI is InChI=1S/C18H28N2O/c1-14(19)18-4-2-3-11-20(18)12-15-7-9-17(10-8-15)21-13-16-5-6-16/h7-10,14,16,18H,2-6,11-13,19H2,1H3. The summed E-state index contributed by atoms with van der Waals surface area (Å²) in [5.74, 6) is 1.82. The maximum atomic E-state index is 6.15. The Kier molecular flexibility index (Phi) is 4.81. The molecule has 0 radical (unpaired) electrons. The van der Waals surface area contributed by atoms with Crippen molar-refractivity contribution in [2.45, 2.75) is 57.7 Å². The van der Waals surface area contributed by atoms with Gasteiger partial charge in [0.2, 0.25) is 0 Å². The minimum atomic E-state index is 0.256. The summed E-state index contributed by atoms with van der Waals surface area (Å²) in [5.41, 5.74) is 7.51. The molecule has 1 aromatic carbocycles. The van der Waals surface area contributed by atoms with Gasteiger partial charge < -0.3 is 10.5 Å². The van der Waals surface area contributed by atoms with Gasteiger partial charge in [0, 0.05) is 18.6 Å². The number of benzene rings is 1. The fourth-order valence-corrected chi connectivity index (χ4v) is 3.23. The SMILES string of the molecule is CC(N)C1CCCCN1Cc1ccc(OCC2CC2)cc1. The molecule has 0 bridgehead atoms. The van der Waals surface area contributed by atoms with Crippen LogP contribution in [-0.4, -0.2) is 30.1 Å². The highest BCUT2D eigenvalue weighted by atomic mass is 16.5. The maximum absolute atomic E-state index is 6.15. The van der Waals surface area contributed by atoms with Crippen LogP contribution in [0.4, 0.5) is 0 Å². The summed E-state index contributed by atoms with van der Waals surface area (Å²) >= 11 is 0. The zero-order valence-electron chi connectivity index (χ0n) is 13.1. The van der Waals surface area contributed by atoms with E-state index in [-0.39, 0.29) is 6.04 Å². The summed E-state index contributed by atoms with van der Waals surface area (Å²) < 4.78 is 5.80. The number of nitrogens with zero attached hydrogens (tertiary/aromatic N) is 1. The van der Waals surface area contributed by atoms with Gasteiger partial charge in [-0.2, -0.15) is 0 Å². The van der Waals surface area contributed by atoms with Crippen molar-refractivity contribution >= 4 is 0 Å². The van der Waals surface area contributed by atoms with Crippen molar-refractivity contribution < 1.29 is 4.74 Å². The Bertz CT molecular complexity index is 439. The summed E-state index contributed by atoms with van der Waals surface area (Å²) in [6.45, 7) is 5.21. The van der Waals surface area contributed by atoms with Crippen LogP contribution in [0.15, 0.2) is 24.3 Å². The quantitative estimate of drug-likeness (QED) is 0.874. The van der Waals surface area contributed by atoms with Crippen molar-refractivity contribution in [3.8, 4) is 5.75 Å². The Hall–Kier alpha value is -1.06. The van der Waals surface area contributed by atoms with Gasteiger partial charge in [-0.3, -0.25) is 4.90 Å². The Morgan fingerprint density at radius 1 is 1.19 bits per heavy atom. The molecule has 3 nitrogen and oxygen atoms in total. The van der Waals surface area contributed by atoms with Gasteiger partial charge in [-0.25, -0.2) is 0 Å². The van der Waals surface area contributed by atoms with Crippen LogP contribution in [0.5, 0.6) is 5.75 Å². The fourth-order valence-electron chi connectivity index (χ4n) is 3.23. The summed E-state index contributed by atoms with van der Waals surface area (Å²) in [6.07, 6.45) is 6.53. The summed E-state index contributed by atoms with van der Waals surface area (Å²) in [7, 11) is 0.